The average Bonchev–Trinajstić information content (AvgIpc) is 3.34. The van der Waals surface area contributed by atoms with E-state index in [0.717, 1.165) is 24.6 Å². The molecule has 5 nitrogen and oxygen atoms in total. The minimum absolute atomic E-state index is 0.0492. The maximum absolute atomic E-state index is 13.8. The molecule has 0 spiro atoms. The van der Waals surface area contributed by atoms with E-state index in [1.165, 1.54) is 12.1 Å². The molecule has 1 aromatic carbocycles. The molecule has 122 valence electrons. The zero-order chi connectivity index (χ0) is 16.4. The zero-order valence-electron chi connectivity index (χ0n) is 12.7. The smallest absolute Gasteiger partial charge is 0.225 e. The van der Waals surface area contributed by atoms with Crippen LogP contribution in [0.4, 0.5) is 26.2 Å². The maximum Gasteiger partial charge on any atom is 0.225 e. The van der Waals surface area contributed by atoms with Gasteiger partial charge in [-0.2, -0.15) is 4.98 Å². The minimum Gasteiger partial charge on any atom is -0.394 e. The van der Waals surface area contributed by atoms with Crippen LogP contribution in [0.25, 0.3) is 0 Å². The fourth-order valence-corrected chi connectivity index (χ4v) is 2.18. The van der Waals surface area contributed by atoms with Crippen LogP contribution in [0.5, 0.6) is 0 Å². The lowest BCUT2D eigenvalue weighted by Gasteiger charge is -2.14. The second-order valence-electron chi connectivity index (χ2n) is 5.75. The van der Waals surface area contributed by atoms with E-state index in [1.54, 1.807) is 13.0 Å². The molecule has 23 heavy (non-hydrogen) atoms. The lowest BCUT2D eigenvalue weighted by molar-refractivity contribution is 0.281. The van der Waals surface area contributed by atoms with Crippen molar-refractivity contribution in [2.45, 2.75) is 31.7 Å². The van der Waals surface area contributed by atoms with Gasteiger partial charge in [-0.1, -0.05) is 0 Å². The van der Waals surface area contributed by atoms with Crippen molar-refractivity contribution in [3.8, 4) is 0 Å². The Bertz CT molecular complexity index is 706. The first kappa shape index (κ1) is 15.6. The van der Waals surface area contributed by atoms with Crippen molar-refractivity contribution >= 4 is 17.5 Å². The Balaban J connectivity index is 1.87. The first-order valence-corrected chi connectivity index (χ1v) is 7.53. The largest absolute Gasteiger partial charge is 0.394 e. The third-order valence-corrected chi connectivity index (χ3v) is 3.58. The highest BCUT2D eigenvalue weighted by molar-refractivity contribution is 5.58. The molecule has 3 N–H and O–H groups in total. The van der Waals surface area contributed by atoms with Crippen molar-refractivity contribution < 1.29 is 13.9 Å². The molecule has 1 heterocycles. The molecule has 3 rings (SSSR count). The van der Waals surface area contributed by atoms with Crippen LogP contribution in [0.3, 0.4) is 0 Å². The molecule has 1 aliphatic rings. The second-order valence-corrected chi connectivity index (χ2v) is 5.75. The van der Waals surface area contributed by atoms with Gasteiger partial charge in [0.05, 0.1) is 18.0 Å². The van der Waals surface area contributed by atoms with E-state index in [0.29, 0.717) is 17.7 Å². The van der Waals surface area contributed by atoms with Crippen LogP contribution in [-0.2, 0) is 0 Å². The van der Waals surface area contributed by atoms with Crippen LogP contribution in [0.1, 0.15) is 31.4 Å². The van der Waals surface area contributed by atoms with Gasteiger partial charge in [0.15, 0.2) is 0 Å². The summed E-state index contributed by atoms with van der Waals surface area (Å²) < 4.78 is 26.8. The summed E-state index contributed by atoms with van der Waals surface area (Å²) in [5.41, 5.74) is 1.02. The molecular formula is C16H18F2N4O. The Labute approximate surface area is 132 Å². The fourth-order valence-electron chi connectivity index (χ4n) is 2.18. The van der Waals surface area contributed by atoms with Crippen molar-refractivity contribution in [2.75, 3.05) is 17.2 Å². The number of rotatable bonds is 6. The van der Waals surface area contributed by atoms with Gasteiger partial charge in [-0.25, -0.2) is 13.8 Å². The van der Waals surface area contributed by atoms with E-state index in [-0.39, 0.29) is 18.3 Å². The Hall–Kier alpha value is -2.28. The van der Waals surface area contributed by atoms with E-state index in [1.807, 2.05) is 0 Å². The van der Waals surface area contributed by atoms with Crippen molar-refractivity contribution in [3.63, 3.8) is 0 Å². The summed E-state index contributed by atoms with van der Waals surface area (Å²) in [5, 5.41) is 15.0. The molecule has 1 atom stereocenters. The number of anilines is 3. The predicted molar refractivity (Wildman–Crippen MR) is 83.8 cm³/mol. The molecule has 0 radical (unpaired) electrons. The van der Waals surface area contributed by atoms with Gasteiger partial charge in [-0.3, -0.25) is 0 Å². The standard InChI is InChI=1S/C16H18F2N4O/c1-9(8-23)19-16-21-14(10-2-3-10)7-15(22-16)20-13-5-4-11(17)6-12(13)18/h4-7,9-10,23H,2-3,8H2,1H3,(H2,19,20,21,22)/t9-/m0/s1. The van der Waals surface area contributed by atoms with Crippen molar-refractivity contribution in [1.29, 1.82) is 0 Å². The number of halogens is 2. The number of aliphatic hydroxyl groups is 1. The molecule has 0 unspecified atom stereocenters. The number of aliphatic hydroxyl groups excluding tert-OH is 1. The summed E-state index contributed by atoms with van der Waals surface area (Å²) in [6, 6.07) is 4.90. The summed E-state index contributed by atoms with van der Waals surface area (Å²) >= 11 is 0. The molecule has 2 aromatic rings. The molecule has 0 aliphatic heterocycles. The molecular weight excluding hydrogens is 302 g/mol. The molecule has 0 saturated heterocycles. The summed E-state index contributed by atoms with van der Waals surface area (Å²) in [7, 11) is 0. The van der Waals surface area contributed by atoms with Crippen LogP contribution >= 0.6 is 0 Å². The number of nitrogens with zero attached hydrogens (tertiary/aromatic N) is 2. The third-order valence-electron chi connectivity index (χ3n) is 3.58. The van der Waals surface area contributed by atoms with E-state index in [4.69, 9.17) is 5.11 Å². The Morgan fingerprint density at radius 1 is 1.26 bits per heavy atom. The summed E-state index contributed by atoms with van der Waals surface area (Å²) in [6.45, 7) is 1.76. The average molecular weight is 320 g/mol. The lowest BCUT2D eigenvalue weighted by atomic mass is 10.2. The van der Waals surface area contributed by atoms with Crippen molar-refractivity contribution in [1.82, 2.24) is 9.97 Å². The Morgan fingerprint density at radius 3 is 2.70 bits per heavy atom. The highest BCUT2D eigenvalue weighted by Gasteiger charge is 2.26. The second kappa shape index (κ2) is 6.45. The predicted octanol–water partition coefficient (Wildman–Crippen LogP) is 3.17. The number of benzene rings is 1. The van der Waals surface area contributed by atoms with Crippen molar-refractivity contribution in [2.24, 2.45) is 0 Å². The van der Waals surface area contributed by atoms with Crippen LogP contribution in [0.2, 0.25) is 0 Å². The molecule has 0 bridgehead atoms. The number of aromatic nitrogens is 2. The van der Waals surface area contributed by atoms with Gasteiger partial charge in [-0.15, -0.1) is 0 Å². The van der Waals surface area contributed by atoms with Crippen LogP contribution in [0, 0.1) is 11.6 Å². The normalized spacial score (nSPS) is 15.3. The minimum atomic E-state index is -0.685. The van der Waals surface area contributed by atoms with Gasteiger partial charge in [0.1, 0.15) is 17.5 Å². The lowest BCUT2D eigenvalue weighted by Crippen LogP contribution is -2.21. The molecule has 1 aromatic heterocycles. The van der Waals surface area contributed by atoms with E-state index < -0.39 is 11.6 Å². The number of hydrogen-bond donors (Lipinski definition) is 3. The highest BCUT2D eigenvalue weighted by Crippen LogP contribution is 2.40. The molecule has 1 aliphatic carbocycles. The van der Waals surface area contributed by atoms with Gasteiger partial charge in [0.25, 0.3) is 0 Å². The molecule has 0 amide bonds. The van der Waals surface area contributed by atoms with E-state index in [2.05, 4.69) is 20.6 Å². The fraction of sp³-hybridized carbons (Fsp3) is 0.375. The Morgan fingerprint density at radius 2 is 2.04 bits per heavy atom. The Kier molecular flexibility index (Phi) is 4.38. The van der Waals surface area contributed by atoms with E-state index in [9.17, 15) is 8.78 Å². The van der Waals surface area contributed by atoms with Gasteiger partial charge < -0.3 is 15.7 Å². The first-order valence-electron chi connectivity index (χ1n) is 7.53. The SMILES string of the molecule is C[C@@H](CO)Nc1nc(Nc2ccc(F)cc2F)cc(C2CC2)n1. The van der Waals surface area contributed by atoms with Gasteiger partial charge in [0, 0.05) is 24.1 Å². The maximum atomic E-state index is 13.8. The van der Waals surface area contributed by atoms with Crippen LogP contribution in [-0.4, -0.2) is 27.7 Å². The number of hydrogen-bond acceptors (Lipinski definition) is 5. The summed E-state index contributed by atoms with van der Waals surface area (Å²) in [5.74, 6) is -0.119. The molecule has 7 heteroatoms. The van der Waals surface area contributed by atoms with Gasteiger partial charge in [0.2, 0.25) is 5.95 Å². The quantitative estimate of drug-likeness (QED) is 0.763. The van der Waals surface area contributed by atoms with Gasteiger partial charge in [-0.05, 0) is 31.9 Å². The monoisotopic (exact) mass is 320 g/mol. The molecule has 1 fully saturated rings. The van der Waals surface area contributed by atoms with Crippen LogP contribution < -0.4 is 10.6 Å². The first-order chi connectivity index (χ1) is 11.0. The number of nitrogens with one attached hydrogen (secondary N) is 2. The van der Waals surface area contributed by atoms with E-state index >= 15 is 0 Å². The topological polar surface area (TPSA) is 70.1 Å². The summed E-state index contributed by atoms with van der Waals surface area (Å²) in [4.78, 5) is 8.72. The summed E-state index contributed by atoms with van der Waals surface area (Å²) in [6.07, 6.45) is 2.13. The van der Waals surface area contributed by atoms with Crippen LogP contribution in [0.15, 0.2) is 24.3 Å². The van der Waals surface area contributed by atoms with Crippen molar-refractivity contribution in [3.05, 3.63) is 41.6 Å². The zero-order valence-corrected chi connectivity index (χ0v) is 12.7. The highest BCUT2D eigenvalue weighted by atomic mass is 19.1. The molecule has 1 saturated carbocycles. The third kappa shape index (κ3) is 3.92. The van der Waals surface area contributed by atoms with Gasteiger partial charge >= 0.3 is 0 Å².